The summed E-state index contributed by atoms with van der Waals surface area (Å²) < 4.78 is 0. The third-order valence-corrected chi connectivity index (χ3v) is 3.68. The fraction of sp³-hybridized carbons (Fsp3) is 0.400. The highest BCUT2D eigenvalue weighted by atomic mass is 32.1. The summed E-state index contributed by atoms with van der Waals surface area (Å²) in [6, 6.07) is 0. The van der Waals surface area contributed by atoms with Gasteiger partial charge < -0.3 is 0 Å². The third kappa shape index (κ3) is 1.70. The Hall–Kier alpha value is -0.960. The number of rotatable bonds is 2. The highest BCUT2D eigenvalue weighted by molar-refractivity contribution is 7.16. The molecule has 0 atom stereocenters. The van der Waals surface area contributed by atoms with Gasteiger partial charge in [-0.1, -0.05) is 0 Å². The second-order valence-corrected chi connectivity index (χ2v) is 4.14. The lowest BCUT2D eigenvalue weighted by Crippen LogP contribution is -1.91. The maximum absolute atomic E-state index is 11.2. The van der Waals surface area contributed by atoms with Gasteiger partial charge in [0.05, 0.1) is 9.75 Å². The Bertz CT molecular complexity index is 340. The molecule has 0 bridgehead atoms. The molecule has 2 nitrogen and oxygen atoms in total. The number of thiophene rings is 1. The van der Waals surface area contributed by atoms with E-state index < -0.39 is 0 Å². The van der Waals surface area contributed by atoms with Crippen LogP contribution < -0.4 is 0 Å². The van der Waals surface area contributed by atoms with Crippen LogP contribution in [0.25, 0.3) is 0 Å². The van der Waals surface area contributed by atoms with Gasteiger partial charge in [0, 0.05) is 0 Å². The minimum absolute atomic E-state index is 0.0399. The number of carbonyl (C=O) groups is 2. The molecule has 3 heteroatoms. The van der Waals surface area contributed by atoms with Gasteiger partial charge in [-0.25, -0.2) is 0 Å². The molecule has 0 aliphatic heterocycles. The van der Waals surface area contributed by atoms with Gasteiger partial charge in [0.25, 0.3) is 0 Å². The van der Waals surface area contributed by atoms with Crippen molar-refractivity contribution in [3.8, 4) is 0 Å². The summed E-state index contributed by atoms with van der Waals surface area (Å²) in [4.78, 5) is 23.7. The number of Topliss-reactive ketones (excluding diaryl/α,β-unsaturated/α-hetero) is 2. The summed E-state index contributed by atoms with van der Waals surface area (Å²) in [7, 11) is 0. The predicted molar refractivity (Wildman–Crippen MR) is 53.8 cm³/mol. The Morgan fingerprint density at radius 3 is 1.38 bits per heavy atom. The molecule has 0 aliphatic carbocycles. The Morgan fingerprint density at radius 1 is 0.923 bits per heavy atom. The monoisotopic (exact) mass is 196 g/mol. The van der Waals surface area contributed by atoms with Gasteiger partial charge in [0.1, 0.15) is 0 Å². The molecule has 0 saturated carbocycles. The highest BCUT2D eigenvalue weighted by Crippen LogP contribution is 2.27. The number of hydrogen-bond acceptors (Lipinski definition) is 3. The minimum atomic E-state index is 0.0399. The van der Waals surface area contributed by atoms with Crippen molar-refractivity contribution < 1.29 is 9.59 Å². The highest BCUT2D eigenvalue weighted by Gasteiger charge is 2.16. The van der Waals surface area contributed by atoms with Gasteiger partial charge in [-0.2, -0.15) is 0 Å². The molecule has 1 aromatic rings. The maximum Gasteiger partial charge on any atom is 0.170 e. The normalized spacial score (nSPS) is 10.2. The molecule has 0 radical (unpaired) electrons. The molecule has 70 valence electrons. The van der Waals surface area contributed by atoms with E-state index in [1.54, 1.807) is 0 Å². The van der Waals surface area contributed by atoms with Gasteiger partial charge in [-0.15, -0.1) is 11.3 Å². The fourth-order valence-electron chi connectivity index (χ4n) is 1.27. The van der Waals surface area contributed by atoms with Crippen LogP contribution in [0.2, 0.25) is 0 Å². The molecule has 0 amide bonds. The van der Waals surface area contributed by atoms with E-state index in [4.69, 9.17) is 0 Å². The van der Waals surface area contributed by atoms with E-state index in [0.717, 1.165) is 11.1 Å². The standard InChI is InChI=1S/C10H12O2S/c1-5-6(2)10(8(4)12)13-9(5)7(3)11/h1-4H3. The molecule has 0 fully saturated rings. The van der Waals surface area contributed by atoms with Crippen molar-refractivity contribution in [3.63, 3.8) is 0 Å². The van der Waals surface area contributed by atoms with Gasteiger partial charge in [0.2, 0.25) is 0 Å². The summed E-state index contributed by atoms with van der Waals surface area (Å²) in [5.41, 5.74) is 1.89. The summed E-state index contributed by atoms with van der Waals surface area (Å²) in [6.07, 6.45) is 0. The zero-order chi connectivity index (χ0) is 10.2. The SMILES string of the molecule is CC(=O)c1sc(C(C)=O)c(C)c1C. The van der Waals surface area contributed by atoms with Crippen LogP contribution in [-0.2, 0) is 0 Å². The van der Waals surface area contributed by atoms with E-state index in [0.29, 0.717) is 9.75 Å². The first kappa shape index (κ1) is 10.1. The van der Waals surface area contributed by atoms with E-state index in [2.05, 4.69) is 0 Å². The van der Waals surface area contributed by atoms with E-state index in [-0.39, 0.29) is 11.6 Å². The Kier molecular flexibility index (Phi) is 2.66. The minimum Gasteiger partial charge on any atom is -0.294 e. The second-order valence-electron chi connectivity index (χ2n) is 3.12. The smallest absolute Gasteiger partial charge is 0.170 e. The van der Waals surface area contributed by atoms with Crippen LogP contribution in [0, 0.1) is 13.8 Å². The van der Waals surface area contributed by atoms with Crippen molar-refractivity contribution in [1.82, 2.24) is 0 Å². The van der Waals surface area contributed by atoms with Crippen molar-refractivity contribution >= 4 is 22.9 Å². The molecule has 0 N–H and O–H groups in total. The van der Waals surface area contributed by atoms with Crippen LogP contribution in [-0.4, -0.2) is 11.6 Å². The van der Waals surface area contributed by atoms with E-state index in [9.17, 15) is 9.59 Å². The Labute approximate surface area is 81.6 Å². The zero-order valence-electron chi connectivity index (χ0n) is 8.22. The molecular formula is C10H12O2S. The molecule has 1 heterocycles. The first-order chi connectivity index (χ1) is 5.95. The zero-order valence-corrected chi connectivity index (χ0v) is 9.04. The van der Waals surface area contributed by atoms with Crippen molar-refractivity contribution in [2.24, 2.45) is 0 Å². The molecule has 1 aromatic heterocycles. The van der Waals surface area contributed by atoms with Gasteiger partial charge in [-0.05, 0) is 38.8 Å². The summed E-state index contributed by atoms with van der Waals surface area (Å²) >= 11 is 1.30. The molecule has 0 unspecified atom stereocenters. The lowest BCUT2D eigenvalue weighted by molar-refractivity contribution is 0.101. The number of hydrogen-bond donors (Lipinski definition) is 0. The summed E-state index contributed by atoms with van der Waals surface area (Å²) in [5.74, 6) is 0.0798. The number of ketones is 2. The van der Waals surface area contributed by atoms with Gasteiger partial charge in [0.15, 0.2) is 11.6 Å². The average molecular weight is 196 g/mol. The van der Waals surface area contributed by atoms with Crippen LogP contribution in [0.15, 0.2) is 0 Å². The van der Waals surface area contributed by atoms with Crippen LogP contribution in [0.3, 0.4) is 0 Å². The Morgan fingerprint density at radius 2 is 1.23 bits per heavy atom. The van der Waals surface area contributed by atoms with Crippen molar-refractivity contribution in [2.75, 3.05) is 0 Å². The van der Waals surface area contributed by atoms with Crippen LogP contribution in [0.5, 0.6) is 0 Å². The summed E-state index contributed by atoms with van der Waals surface area (Å²) in [6.45, 7) is 6.83. The van der Waals surface area contributed by atoms with Crippen LogP contribution >= 0.6 is 11.3 Å². The maximum atomic E-state index is 11.2. The molecule has 0 saturated heterocycles. The van der Waals surface area contributed by atoms with Crippen molar-refractivity contribution in [2.45, 2.75) is 27.7 Å². The topological polar surface area (TPSA) is 34.1 Å². The first-order valence-electron chi connectivity index (χ1n) is 4.07. The lowest BCUT2D eigenvalue weighted by Gasteiger charge is -1.92. The lowest BCUT2D eigenvalue weighted by atomic mass is 10.1. The van der Waals surface area contributed by atoms with Crippen LogP contribution in [0.1, 0.15) is 44.3 Å². The first-order valence-corrected chi connectivity index (χ1v) is 4.88. The molecule has 1 rings (SSSR count). The molecule has 13 heavy (non-hydrogen) atoms. The van der Waals surface area contributed by atoms with Gasteiger partial charge >= 0.3 is 0 Å². The Balaban J connectivity index is 3.36. The second kappa shape index (κ2) is 3.42. The molecule has 0 spiro atoms. The van der Waals surface area contributed by atoms with E-state index in [1.165, 1.54) is 25.2 Å². The van der Waals surface area contributed by atoms with Crippen molar-refractivity contribution in [1.29, 1.82) is 0 Å². The third-order valence-electron chi connectivity index (χ3n) is 2.09. The predicted octanol–water partition coefficient (Wildman–Crippen LogP) is 2.77. The van der Waals surface area contributed by atoms with Gasteiger partial charge in [-0.3, -0.25) is 9.59 Å². The number of carbonyl (C=O) groups excluding carboxylic acids is 2. The molecular weight excluding hydrogens is 184 g/mol. The fourth-order valence-corrected chi connectivity index (χ4v) is 2.37. The van der Waals surface area contributed by atoms with E-state index in [1.807, 2.05) is 13.8 Å². The van der Waals surface area contributed by atoms with Crippen molar-refractivity contribution in [3.05, 3.63) is 20.9 Å². The van der Waals surface area contributed by atoms with E-state index >= 15 is 0 Å². The summed E-state index contributed by atoms with van der Waals surface area (Å²) in [5, 5.41) is 0. The average Bonchev–Trinajstić information content (AvgIpc) is 2.29. The van der Waals surface area contributed by atoms with Crippen LogP contribution in [0.4, 0.5) is 0 Å². The molecule has 0 aliphatic rings. The largest absolute Gasteiger partial charge is 0.294 e. The quantitative estimate of drug-likeness (QED) is 0.681. The molecule has 0 aromatic carbocycles.